The number of nitrogens with zero attached hydrogens (tertiary/aromatic N) is 6. The van der Waals surface area contributed by atoms with Crippen molar-refractivity contribution < 1.29 is 18.7 Å². The maximum Gasteiger partial charge on any atom is 0.321 e. The lowest BCUT2D eigenvalue weighted by molar-refractivity contribution is 0.0497. The summed E-state index contributed by atoms with van der Waals surface area (Å²) in [6, 6.07) is 0.135. The van der Waals surface area contributed by atoms with E-state index in [2.05, 4.69) is 37.3 Å². The van der Waals surface area contributed by atoms with Gasteiger partial charge in [-0.25, -0.2) is 14.2 Å². The van der Waals surface area contributed by atoms with Crippen molar-refractivity contribution in [2.75, 3.05) is 51.8 Å². The van der Waals surface area contributed by atoms with E-state index in [1.807, 2.05) is 23.6 Å². The minimum atomic E-state index is -0.620. The number of carbonyl (C=O) groups is 1. The number of amides is 2. The molecule has 2 aromatic rings. The van der Waals surface area contributed by atoms with Gasteiger partial charge in [0.15, 0.2) is 17.5 Å². The molecule has 11 nitrogen and oxygen atoms in total. The molecule has 2 N–H and O–H groups in total. The van der Waals surface area contributed by atoms with E-state index in [4.69, 9.17) is 9.47 Å². The topological polar surface area (TPSA) is 112 Å². The summed E-state index contributed by atoms with van der Waals surface area (Å²) in [6.45, 7) is 12.4. The van der Waals surface area contributed by atoms with Crippen molar-refractivity contribution >= 4 is 17.7 Å². The minimum Gasteiger partial charge on any atom is -0.464 e. The lowest BCUT2D eigenvalue weighted by atomic mass is 10.0. The Hall–Kier alpha value is -2.99. The Bertz CT molecular complexity index is 1030. The molecule has 0 aliphatic carbocycles. The first-order valence-electron chi connectivity index (χ1n) is 11.6. The van der Waals surface area contributed by atoms with Crippen molar-refractivity contribution in [3.63, 3.8) is 0 Å². The number of carbonyl (C=O) groups excluding carboxylic acids is 1. The van der Waals surface area contributed by atoms with E-state index in [9.17, 15) is 9.18 Å². The van der Waals surface area contributed by atoms with Crippen LogP contribution in [0.15, 0.2) is 6.20 Å². The van der Waals surface area contributed by atoms with Crippen molar-refractivity contribution in [3.05, 3.63) is 23.3 Å². The number of ether oxygens (including phenoxy) is 2. The lowest BCUT2D eigenvalue weighted by Crippen LogP contribution is -2.59. The summed E-state index contributed by atoms with van der Waals surface area (Å²) in [4.78, 5) is 27.6. The third-order valence-corrected chi connectivity index (χ3v) is 6.50. The number of hydrogen-bond acceptors (Lipinski definition) is 8. The normalized spacial score (nSPS) is 19.9. The second-order valence-corrected chi connectivity index (χ2v) is 9.10. The molecule has 0 bridgehead atoms. The van der Waals surface area contributed by atoms with Crippen LogP contribution in [-0.2, 0) is 16.8 Å². The predicted molar refractivity (Wildman–Crippen MR) is 123 cm³/mol. The van der Waals surface area contributed by atoms with Gasteiger partial charge in [0.1, 0.15) is 0 Å². The van der Waals surface area contributed by atoms with E-state index >= 15 is 0 Å². The third kappa shape index (κ3) is 4.51. The first-order chi connectivity index (χ1) is 16.3. The zero-order valence-corrected chi connectivity index (χ0v) is 20.4. The molecule has 4 rings (SSSR count). The molecule has 0 unspecified atom stereocenters. The number of halogens is 1. The second kappa shape index (κ2) is 9.71. The van der Waals surface area contributed by atoms with Crippen LogP contribution in [0.4, 0.5) is 20.8 Å². The standard InChI is InChI=1S/C22H33FN8O3/c1-6-34-20-24-11-16(23)19(26-20)25-18-15-13-31(22(3,4)17(15)27-28-18)21(32)30-8-7-29(9-10-33-5)12-14(30)2/h11,14H,6-10,12-13H2,1-5H3,(H2,24,25,26,27,28)/t14-/m0/s1. The SMILES string of the molecule is CCOc1ncc(F)c(Nc2n[nH]c3c2CN(C(=O)N2CCN(CCOC)C[C@@H]2C)C3(C)C)n1. The number of H-pyrrole nitrogens is 1. The summed E-state index contributed by atoms with van der Waals surface area (Å²) >= 11 is 0. The van der Waals surface area contributed by atoms with Crippen molar-refractivity contribution in [1.29, 1.82) is 0 Å². The molecule has 2 aromatic heterocycles. The summed E-state index contributed by atoms with van der Waals surface area (Å²) in [7, 11) is 1.70. The monoisotopic (exact) mass is 476 g/mol. The number of urea groups is 1. The van der Waals surface area contributed by atoms with Crippen molar-refractivity contribution in [1.82, 2.24) is 34.9 Å². The van der Waals surface area contributed by atoms with Crippen LogP contribution in [0.1, 0.15) is 39.0 Å². The summed E-state index contributed by atoms with van der Waals surface area (Å²) in [5.74, 6) is -0.224. The predicted octanol–water partition coefficient (Wildman–Crippen LogP) is 2.30. The molecule has 186 valence electrons. The van der Waals surface area contributed by atoms with Gasteiger partial charge in [0.2, 0.25) is 0 Å². The lowest BCUT2D eigenvalue weighted by Gasteiger charge is -2.43. The van der Waals surface area contributed by atoms with Gasteiger partial charge in [-0.3, -0.25) is 10.00 Å². The number of methoxy groups -OCH3 is 1. The Balaban J connectivity index is 1.50. The van der Waals surface area contributed by atoms with Gasteiger partial charge in [-0.1, -0.05) is 0 Å². The number of piperazine rings is 1. The van der Waals surface area contributed by atoms with Crippen LogP contribution in [0.5, 0.6) is 6.01 Å². The van der Waals surface area contributed by atoms with Crippen LogP contribution in [0.2, 0.25) is 0 Å². The van der Waals surface area contributed by atoms with Gasteiger partial charge >= 0.3 is 12.0 Å². The summed E-state index contributed by atoms with van der Waals surface area (Å²) < 4.78 is 24.8. The molecule has 0 spiro atoms. The van der Waals surface area contributed by atoms with Gasteiger partial charge in [-0.15, -0.1) is 0 Å². The zero-order chi connectivity index (χ0) is 24.5. The van der Waals surface area contributed by atoms with Crippen LogP contribution >= 0.6 is 0 Å². The van der Waals surface area contributed by atoms with E-state index in [1.165, 1.54) is 0 Å². The second-order valence-electron chi connectivity index (χ2n) is 9.10. The summed E-state index contributed by atoms with van der Waals surface area (Å²) in [6.07, 6.45) is 1.06. The van der Waals surface area contributed by atoms with E-state index in [-0.39, 0.29) is 23.9 Å². The van der Waals surface area contributed by atoms with Crippen LogP contribution in [0, 0.1) is 5.82 Å². The Morgan fingerprint density at radius 1 is 1.35 bits per heavy atom. The molecule has 0 aromatic carbocycles. The maximum absolute atomic E-state index is 14.3. The van der Waals surface area contributed by atoms with Crippen molar-refractivity contribution in [2.24, 2.45) is 0 Å². The highest BCUT2D eigenvalue weighted by Crippen LogP contribution is 2.42. The van der Waals surface area contributed by atoms with E-state index < -0.39 is 11.4 Å². The molecule has 1 atom stereocenters. The van der Waals surface area contributed by atoms with Gasteiger partial charge in [-0.2, -0.15) is 10.1 Å². The van der Waals surface area contributed by atoms with E-state index in [1.54, 1.807) is 14.0 Å². The number of rotatable bonds is 7. The highest BCUT2D eigenvalue weighted by Gasteiger charge is 2.46. The smallest absolute Gasteiger partial charge is 0.321 e. The zero-order valence-electron chi connectivity index (χ0n) is 20.4. The van der Waals surface area contributed by atoms with Crippen LogP contribution in [0.3, 0.4) is 0 Å². The fraction of sp³-hybridized carbons (Fsp3) is 0.636. The van der Waals surface area contributed by atoms with Crippen LogP contribution in [-0.4, -0.2) is 93.4 Å². The summed E-state index contributed by atoms with van der Waals surface area (Å²) in [5, 5.41) is 10.3. The molecular formula is C22H33FN8O3. The molecule has 4 heterocycles. The Kier molecular flexibility index (Phi) is 6.89. The van der Waals surface area contributed by atoms with Crippen molar-refractivity contribution in [2.45, 2.75) is 45.8 Å². The molecule has 1 fully saturated rings. The van der Waals surface area contributed by atoms with Gasteiger partial charge in [0.05, 0.1) is 37.2 Å². The molecule has 2 amide bonds. The first kappa shape index (κ1) is 24.1. The fourth-order valence-corrected chi connectivity index (χ4v) is 4.57. The van der Waals surface area contributed by atoms with Crippen LogP contribution in [0.25, 0.3) is 0 Å². The quantitative estimate of drug-likeness (QED) is 0.626. The third-order valence-electron chi connectivity index (χ3n) is 6.50. The number of nitrogens with one attached hydrogen (secondary N) is 2. The Labute approximate surface area is 198 Å². The first-order valence-corrected chi connectivity index (χ1v) is 11.6. The average Bonchev–Trinajstić information content (AvgIpc) is 3.32. The number of hydrogen-bond donors (Lipinski definition) is 2. The van der Waals surface area contributed by atoms with Crippen LogP contribution < -0.4 is 10.1 Å². The van der Waals surface area contributed by atoms with Gasteiger partial charge < -0.3 is 24.6 Å². The average molecular weight is 477 g/mol. The van der Waals surface area contributed by atoms with E-state index in [0.717, 1.165) is 37.1 Å². The number of fused-ring (bicyclic) bond motifs is 1. The Morgan fingerprint density at radius 2 is 2.15 bits per heavy atom. The number of aromatic nitrogens is 4. The molecule has 2 aliphatic rings. The fourth-order valence-electron chi connectivity index (χ4n) is 4.57. The minimum absolute atomic E-state index is 0.0220. The van der Waals surface area contributed by atoms with Gasteiger partial charge in [0, 0.05) is 44.9 Å². The number of anilines is 2. The highest BCUT2D eigenvalue weighted by atomic mass is 19.1. The maximum atomic E-state index is 14.3. The highest BCUT2D eigenvalue weighted by molar-refractivity contribution is 5.78. The molecule has 2 aliphatic heterocycles. The molecule has 0 radical (unpaired) electrons. The van der Waals surface area contributed by atoms with Gasteiger partial charge in [-0.05, 0) is 27.7 Å². The molecule has 12 heteroatoms. The summed E-state index contributed by atoms with van der Waals surface area (Å²) in [5.41, 5.74) is 1.02. The largest absolute Gasteiger partial charge is 0.464 e. The molecule has 0 saturated carbocycles. The van der Waals surface area contributed by atoms with Crippen molar-refractivity contribution in [3.8, 4) is 6.01 Å². The Morgan fingerprint density at radius 3 is 2.85 bits per heavy atom. The molecular weight excluding hydrogens is 443 g/mol. The molecule has 1 saturated heterocycles. The molecule has 34 heavy (non-hydrogen) atoms. The van der Waals surface area contributed by atoms with Gasteiger partial charge in [0.25, 0.3) is 0 Å². The van der Waals surface area contributed by atoms with E-state index in [0.29, 0.717) is 32.1 Å². The number of aromatic amines is 1.